The number of nitrogens with zero attached hydrogens (tertiary/aromatic N) is 2. The van der Waals surface area contributed by atoms with Crippen LogP contribution in [0.1, 0.15) is 17.3 Å². The van der Waals surface area contributed by atoms with Crippen molar-refractivity contribution in [2.75, 3.05) is 12.8 Å². The van der Waals surface area contributed by atoms with Gasteiger partial charge in [-0.25, -0.2) is 0 Å². The first kappa shape index (κ1) is 14.9. The summed E-state index contributed by atoms with van der Waals surface area (Å²) in [4.78, 5) is 25.4. The zero-order valence-electron chi connectivity index (χ0n) is 9.84. The molecule has 1 rings (SSSR count). The normalized spacial score (nSPS) is 11.9. The predicted molar refractivity (Wildman–Crippen MR) is 73.9 cm³/mol. The van der Waals surface area contributed by atoms with Crippen molar-refractivity contribution >= 4 is 39.4 Å². The van der Waals surface area contributed by atoms with E-state index in [1.54, 1.807) is 11.8 Å². The maximum atomic E-state index is 11.9. The Balaban J connectivity index is 2.84. The highest BCUT2D eigenvalue weighted by Gasteiger charge is 2.17. The van der Waals surface area contributed by atoms with Crippen LogP contribution in [0.4, 0.5) is 5.82 Å². The molecule has 0 fully saturated rings. The van der Waals surface area contributed by atoms with Crippen LogP contribution in [0.25, 0.3) is 0 Å². The molecule has 1 unspecified atom stereocenters. The van der Waals surface area contributed by atoms with E-state index in [-0.39, 0.29) is 22.5 Å². The molecule has 1 N–H and O–H groups in total. The third-order valence-corrected chi connectivity index (χ3v) is 3.83. The molecular weight excluding hydrogens is 322 g/mol. The Morgan fingerprint density at radius 2 is 2.39 bits per heavy atom. The van der Waals surface area contributed by atoms with Gasteiger partial charge >= 0.3 is 5.82 Å². The minimum atomic E-state index is -0.631. The summed E-state index contributed by atoms with van der Waals surface area (Å²) in [5.41, 5.74) is 0.213. The number of hydrogen-bond acceptors (Lipinski definition) is 5. The minimum Gasteiger partial charge on any atom is -0.358 e. The van der Waals surface area contributed by atoms with Crippen molar-refractivity contribution in [3.05, 3.63) is 32.4 Å². The number of thioether (sulfide) groups is 1. The molecule has 0 radical (unpaired) electrons. The van der Waals surface area contributed by atoms with Crippen molar-refractivity contribution in [1.29, 1.82) is 0 Å². The number of halogens is 1. The van der Waals surface area contributed by atoms with Gasteiger partial charge in [0.05, 0.1) is 10.0 Å². The van der Waals surface area contributed by atoms with Crippen LogP contribution in [0.2, 0.25) is 0 Å². The second-order valence-corrected chi connectivity index (χ2v) is 5.67. The van der Waals surface area contributed by atoms with Crippen molar-refractivity contribution in [2.24, 2.45) is 0 Å². The summed E-state index contributed by atoms with van der Waals surface area (Å²) >= 11 is 4.78. The molecule has 0 bridgehead atoms. The molecular formula is C10H12BrN3O3S. The molecule has 1 aromatic heterocycles. The number of nitrogens with one attached hydrogen (secondary N) is 1. The quantitative estimate of drug-likeness (QED) is 0.659. The lowest BCUT2D eigenvalue weighted by molar-refractivity contribution is -0.389. The maximum absolute atomic E-state index is 11.9. The second kappa shape index (κ2) is 6.69. The number of aromatic nitrogens is 1. The van der Waals surface area contributed by atoms with Gasteiger partial charge in [-0.3, -0.25) is 4.79 Å². The van der Waals surface area contributed by atoms with Crippen LogP contribution in [-0.2, 0) is 0 Å². The standard InChI is InChI=1S/C10H12BrN3O3S/c1-6(18-2)4-13-10(15)7-3-9(14(16)17)12-5-8(7)11/h3,5-6H,4H2,1-2H3,(H,13,15). The Hall–Kier alpha value is -1.15. The first-order chi connectivity index (χ1) is 8.45. The number of hydrogen-bond donors (Lipinski definition) is 1. The molecule has 0 saturated heterocycles. The number of carbonyl (C=O) groups is 1. The van der Waals surface area contributed by atoms with Crippen molar-refractivity contribution < 1.29 is 9.72 Å². The van der Waals surface area contributed by atoms with Crippen LogP contribution in [0.3, 0.4) is 0 Å². The number of rotatable bonds is 5. The van der Waals surface area contributed by atoms with Crippen molar-refractivity contribution in [1.82, 2.24) is 10.3 Å². The third kappa shape index (κ3) is 3.95. The largest absolute Gasteiger partial charge is 0.364 e. The highest BCUT2D eigenvalue weighted by atomic mass is 79.9. The molecule has 0 aliphatic rings. The van der Waals surface area contributed by atoms with Gasteiger partial charge in [0.25, 0.3) is 5.91 Å². The molecule has 8 heteroatoms. The summed E-state index contributed by atoms with van der Waals surface area (Å²) < 4.78 is 0.433. The molecule has 1 atom stereocenters. The lowest BCUT2D eigenvalue weighted by Crippen LogP contribution is -2.29. The van der Waals surface area contributed by atoms with E-state index in [1.807, 2.05) is 13.2 Å². The number of amides is 1. The van der Waals surface area contributed by atoms with E-state index in [2.05, 4.69) is 26.2 Å². The van der Waals surface area contributed by atoms with Gasteiger partial charge in [0, 0.05) is 17.9 Å². The molecule has 0 spiro atoms. The Morgan fingerprint density at radius 3 is 2.94 bits per heavy atom. The van der Waals surface area contributed by atoms with Crippen LogP contribution in [-0.4, -0.2) is 33.9 Å². The molecule has 6 nitrogen and oxygen atoms in total. The van der Waals surface area contributed by atoms with E-state index in [1.165, 1.54) is 6.20 Å². The Morgan fingerprint density at radius 1 is 1.72 bits per heavy atom. The van der Waals surface area contributed by atoms with Crippen molar-refractivity contribution in [2.45, 2.75) is 12.2 Å². The van der Waals surface area contributed by atoms with E-state index in [0.29, 0.717) is 11.0 Å². The topological polar surface area (TPSA) is 85.1 Å². The Labute approximate surface area is 117 Å². The van der Waals surface area contributed by atoms with Gasteiger partial charge in [0.2, 0.25) is 0 Å². The first-order valence-corrected chi connectivity index (χ1v) is 7.14. The molecule has 0 aromatic carbocycles. The summed E-state index contributed by atoms with van der Waals surface area (Å²) in [6.45, 7) is 2.48. The summed E-state index contributed by atoms with van der Waals surface area (Å²) in [6, 6.07) is 1.16. The smallest absolute Gasteiger partial charge is 0.358 e. The van der Waals surface area contributed by atoms with E-state index in [4.69, 9.17) is 0 Å². The summed E-state index contributed by atoms with van der Waals surface area (Å²) in [5, 5.41) is 13.6. The van der Waals surface area contributed by atoms with Crippen LogP contribution in [0.5, 0.6) is 0 Å². The molecule has 0 saturated carbocycles. The van der Waals surface area contributed by atoms with Gasteiger partial charge in [-0.15, -0.1) is 0 Å². The highest BCUT2D eigenvalue weighted by Crippen LogP contribution is 2.19. The van der Waals surface area contributed by atoms with Gasteiger partial charge in [-0.1, -0.05) is 6.92 Å². The average Bonchev–Trinajstić information content (AvgIpc) is 2.35. The predicted octanol–water partition coefficient (Wildman–Crippen LogP) is 2.23. The summed E-state index contributed by atoms with van der Waals surface area (Å²) in [6.07, 6.45) is 3.20. The van der Waals surface area contributed by atoms with E-state index in [0.717, 1.165) is 6.07 Å². The molecule has 0 aliphatic carbocycles. The molecule has 1 amide bonds. The second-order valence-electron chi connectivity index (χ2n) is 3.54. The maximum Gasteiger partial charge on any atom is 0.364 e. The SMILES string of the molecule is CSC(C)CNC(=O)c1cc([N+](=O)[O-])ncc1Br. The lowest BCUT2D eigenvalue weighted by Gasteiger charge is -2.10. The van der Waals surface area contributed by atoms with Crippen molar-refractivity contribution in [3.8, 4) is 0 Å². The fourth-order valence-corrected chi connectivity index (χ4v) is 1.76. The van der Waals surface area contributed by atoms with Crippen LogP contribution in [0.15, 0.2) is 16.7 Å². The fraction of sp³-hybridized carbons (Fsp3) is 0.400. The van der Waals surface area contributed by atoms with Gasteiger partial charge in [-0.05, 0) is 32.1 Å². The Kier molecular flexibility index (Phi) is 5.54. The highest BCUT2D eigenvalue weighted by molar-refractivity contribution is 9.10. The van der Waals surface area contributed by atoms with Crippen molar-refractivity contribution in [3.63, 3.8) is 0 Å². The van der Waals surface area contributed by atoms with Crippen LogP contribution < -0.4 is 5.32 Å². The van der Waals surface area contributed by atoms with Gasteiger partial charge in [0.15, 0.2) is 6.20 Å². The Bertz CT molecular complexity index is 470. The minimum absolute atomic E-state index is 0.213. The molecule has 0 aliphatic heterocycles. The molecule has 1 heterocycles. The average molecular weight is 334 g/mol. The third-order valence-electron chi connectivity index (χ3n) is 2.23. The zero-order valence-corrected chi connectivity index (χ0v) is 12.2. The summed E-state index contributed by atoms with van der Waals surface area (Å²) in [5.74, 6) is -0.700. The first-order valence-electron chi connectivity index (χ1n) is 5.06. The van der Waals surface area contributed by atoms with Crippen LogP contribution >= 0.6 is 27.7 Å². The lowest BCUT2D eigenvalue weighted by atomic mass is 10.2. The number of nitro groups is 1. The number of pyridine rings is 1. The van der Waals surface area contributed by atoms with E-state index >= 15 is 0 Å². The fourth-order valence-electron chi connectivity index (χ4n) is 1.12. The van der Waals surface area contributed by atoms with Gasteiger partial charge < -0.3 is 15.4 Å². The zero-order chi connectivity index (χ0) is 13.7. The molecule has 1 aromatic rings. The number of carbonyl (C=O) groups excluding carboxylic acids is 1. The van der Waals surface area contributed by atoms with Crippen LogP contribution in [0, 0.1) is 10.1 Å². The van der Waals surface area contributed by atoms with E-state index < -0.39 is 4.92 Å². The summed E-state index contributed by atoms with van der Waals surface area (Å²) in [7, 11) is 0. The monoisotopic (exact) mass is 333 g/mol. The van der Waals surface area contributed by atoms with E-state index in [9.17, 15) is 14.9 Å². The molecule has 98 valence electrons. The van der Waals surface area contributed by atoms with Gasteiger partial charge in [0.1, 0.15) is 0 Å². The molecule has 18 heavy (non-hydrogen) atoms. The van der Waals surface area contributed by atoms with Gasteiger partial charge in [-0.2, -0.15) is 11.8 Å².